The van der Waals surface area contributed by atoms with Crippen LogP contribution in [0.4, 0.5) is 11.5 Å². The summed E-state index contributed by atoms with van der Waals surface area (Å²) in [6.07, 6.45) is 2.58. The maximum absolute atomic E-state index is 10.5. The minimum absolute atomic E-state index is 0.115. The van der Waals surface area contributed by atoms with Crippen molar-refractivity contribution in [3.05, 3.63) is 39.7 Å². The van der Waals surface area contributed by atoms with E-state index in [0.29, 0.717) is 5.82 Å². The minimum Gasteiger partial charge on any atom is -0.384 e. The summed E-state index contributed by atoms with van der Waals surface area (Å²) in [6.45, 7) is 0. The van der Waals surface area contributed by atoms with Crippen molar-refractivity contribution < 1.29 is 4.92 Å². The number of aromatic nitrogens is 3. The fourth-order valence-electron chi connectivity index (χ4n) is 1.17. The molecular weight excluding hydrogens is 234 g/mol. The van der Waals surface area contributed by atoms with Crippen LogP contribution in [-0.4, -0.2) is 19.7 Å². The van der Waals surface area contributed by atoms with Gasteiger partial charge in [-0.2, -0.15) is 9.78 Å². The molecule has 0 atom stereocenters. The van der Waals surface area contributed by atoms with Crippen LogP contribution in [0.25, 0.3) is 5.82 Å². The average Bonchev–Trinajstić information content (AvgIpc) is 2.64. The van der Waals surface area contributed by atoms with Crippen molar-refractivity contribution in [2.45, 2.75) is 0 Å². The second-order valence-electron chi connectivity index (χ2n) is 2.92. The van der Waals surface area contributed by atoms with E-state index in [2.05, 4.69) is 10.1 Å². The summed E-state index contributed by atoms with van der Waals surface area (Å²) in [6, 6.07) is 2.77. The van der Waals surface area contributed by atoms with Gasteiger partial charge in [0, 0.05) is 12.1 Å². The van der Waals surface area contributed by atoms with Crippen molar-refractivity contribution in [3.8, 4) is 5.82 Å². The molecule has 0 aromatic carbocycles. The van der Waals surface area contributed by atoms with E-state index in [0.717, 1.165) is 6.20 Å². The highest BCUT2D eigenvalue weighted by Crippen LogP contribution is 2.23. The smallest absolute Gasteiger partial charge is 0.289 e. The van der Waals surface area contributed by atoms with E-state index < -0.39 is 4.92 Å². The molecule has 16 heavy (non-hydrogen) atoms. The number of nitrogens with zero attached hydrogens (tertiary/aromatic N) is 4. The summed E-state index contributed by atoms with van der Waals surface area (Å²) in [7, 11) is 0. The number of halogens is 1. The molecule has 0 aliphatic heterocycles. The number of nitro groups is 1. The van der Waals surface area contributed by atoms with E-state index in [1.54, 1.807) is 6.07 Å². The molecule has 0 aliphatic carbocycles. The fourth-order valence-corrected chi connectivity index (χ4v) is 1.41. The zero-order valence-electron chi connectivity index (χ0n) is 7.87. The van der Waals surface area contributed by atoms with Crippen molar-refractivity contribution in [3.63, 3.8) is 0 Å². The number of rotatable bonds is 2. The second-order valence-corrected chi connectivity index (χ2v) is 3.33. The van der Waals surface area contributed by atoms with Gasteiger partial charge in [0.25, 0.3) is 5.69 Å². The maximum atomic E-state index is 10.5. The Balaban J connectivity index is 2.52. The molecule has 2 aromatic heterocycles. The lowest BCUT2D eigenvalue weighted by molar-refractivity contribution is -0.385. The van der Waals surface area contributed by atoms with Crippen molar-refractivity contribution in [1.29, 1.82) is 0 Å². The highest BCUT2D eigenvalue weighted by atomic mass is 35.5. The van der Waals surface area contributed by atoms with Gasteiger partial charge in [0.05, 0.1) is 16.1 Å². The molecule has 0 amide bonds. The lowest BCUT2D eigenvalue weighted by Gasteiger charge is -2.04. The van der Waals surface area contributed by atoms with Gasteiger partial charge in [0.15, 0.2) is 5.82 Å². The molecule has 0 aliphatic rings. The van der Waals surface area contributed by atoms with Crippen LogP contribution in [0.15, 0.2) is 24.5 Å². The maximum Gasteiger partial charge on any atom is 0.289 e. The van der Waals surface area contributed by atoms with Gasteiger partial charge in [-0.1, -0.05) is 11.6 Å². The third kappa shape index (κ3) is 1.68. The molecule has 2 rings (SSSR count). The Morgan fingerprint density at radius 1 is 1.56 bits per heavy atom. The van der Waals surface area contributed by atoms with Gasteiger partial charge in [0.1, 0.15) is 12.0 Å². The van der Waals surface area contributed by atoms with Crippen molar-refractivity contribution in [2.24, 2.45) is 0 Å². The van der Waals surface area contributed by atoms with Crippen LogP contribution < -0.4 is 5.73 Å². The van der Waals surface area contributed by atoms with Crippen molar-refractivity contribution in [1.82, 2.24) is 14.8 Å². The van der Waals surface area contributed by atoms with Gasteiger partial charge in [0.2, 0.25) is 0 Å². The predicted molar refractivity (Wildman–Crippen MR) is 57.4 cm³/mol. The van der Waals surface area contributed by atoms with E-state index in [-0.39, 0.29) is 16.5 Å². The van der Waals surface area contributed by atoms with Crippen molar-refractivity contribution >= 4 is 23.1 Å². The van der Waals surface area contributed by atoms with E-state index >= 15 is 0 Å². The Labute approximate surface area is 94.6 Å². The van der Waals surface area contributed by atoms with Crippen LogP contribution in [0.1, 0.15) is 0 Å². The molecule has 2 aromatic rings. The topological polar surface area (TPSA) is 99.9 Å². The average molecular weight is 240 g/mol. The number of hydrogen-bond acceptors (Lipinski definition) is 5. The van der Waals surface area contributed by atoms with Crippen LogP contribution in [0.3, 0.4) is 0 Å². The van der Waals surface area contributed by atoms with E-state index in [1.807, 2.05) is 0 Å². The van der Waals surface area contributed by atoms with Gasteiger partial charge < -0.3 is 5.73 Å². The summed E-state index contributed by atoms with van der Waals surface area (Å²) < 4.78 is 1.30. The Hall–Kier alpha value is -2.15. The van der Waals surface area contributed by atoms with E-state index in [1.165, 1.54) is 16.9 Å². The first-order valence-corrected chi connectivity index (χ1v) is 4.57. The molecule has 0 spiro atoms. The van der Waals surface area contributed by atoms with Crippen LogP contribution >= 0.6 is 11.6 Å². The van der Waals surface area contributed by atoms with Crippen LogP contribution in [-0.2, 0) is 0 Å². The quantitative estimate of drug-likeness (QED) is 0.631. The van der Waals surface area contributed by atoms with Gasteiger partial charge in [-0.3, -0.25) is 10.1 Å². The number of hydrogen-bond donors (Lipinski definition) is 1. The molecule has 0 radical (unpaired) electrons. The lowest BCUT2D eigenvalue weighted by atomic mass is 10.4. The normalized spacial score (nSPS) is 10.3. The largest absolute Gasteiger partial charge is 0.384 e. The monoisotopic (exact) mass is 239 g/mol. The standard InChI is InChI=1S/C8H6ClN5O2/c9-6-3-5(14(15)16)4-11-8(6)13-7(10)1-2-12-13/h1-4H,10H2. The van der Waals surface area contributed by atoms with E-state index in [4.69, 9.17) is 17.3 Å². The Morgan fingerprint density at radius 3 is 2.81 bits per heavy atom. The summed E-state index contributed by atoms with van der Waals surface area (Å²) in [5.74, 6) is 0.609. The Morgan fingerprint density at radius 2 is 2.31 bits per heavy atom. The number of anilines is 1. The molecule has 0 saturated heterocycles. The first-order chi connectivity index (χ1) is 7.59. The first-order valence-electron chi connectivity index (χ1n) is 4.19. The number of nitrogen functional groups attached to an aromatic ring is 1. The summed E-state index contributed by atoms with van der Waals surface area (Å²) in [5, 5.41) is 14.5. The SMILES string of the molecule is Nc1ccnn1-c1ncc([N+](=O)[O-])cc1Cl. The fraction of sp³-hybridized carbons (Fsp3) is 0. The molecule has 82 valence electrons. The first kappa shape index (κ1) is 10.4. The van der Waals surface area contributed by atoms with E-state index in [9.17, 15) is 10.1 Å². The van der Waals surface area contributed by atoms with Crippen LogP contribution in [0.2, 0.25) is 5.02 Å². The minimum atomic E-state index is -0.574. The molecule has 2 N–H and O–H groups in total. The van der Waals surface area contributed by atoms with Gasteiger partial charge >= 0.3 is 0 Å². The third-order valence-corrected chi connectivity index (χ3v) is 2.17. The molecule has 0 saturated carbocycles. The molecule has 2 heterocycles. The zero-order chi connectivity index (χ0) is 11.7. The number of pyridine rings is 1. The summed E-state index contributed by atoms with van der Waals surface area (Å²) in [5.41, 5.74) is 5.43. The van der Waals surface area contributed by atoms with Crippen molar-refractivity contribution in [2.75, 3.05) is 5.73 Å². The predicted octanol–water partition coefficient (Wildman–Crippen LogP) is 1.41. The third-order valence-electron chi connectivity index (χ3n) is 1.89. The Bertz CT molecular complexity index is 553. The summed E-state index contributed by atoms with van der Waals surface area (Å²) in [4.78, 5) is 13.8. The van der Waals surface area contributed by atoms with Crippen LogP contribution in [0.5, 0.6) is 0 Å². The lowest BCUT2D eigenvalue weighted by Crippen LogP contribution is -2.05. The zero-order valence-corrected chi connectivity index (χ0v) is 8.63. The van der Waals surface area contributed by atoms with Gasteiger partial charge in [-0.05, 0) is 0 Å². The Kier molecular flexibility index (Phi) is 2.45. The van der Waals surface area contributed by atoms with Crippen LogP contribution in [0, 0.1) is 10.1 Å². The molecule has 8 heteroatoms. The molecular formula is C8H6ClN5O2. The van der Waals surface area contributed by atoms with Gasteiger partial charge in [-0.25, -0.2) is 4.98 Å². The molecule has 7 nitrogen and oxygen atoms in total. The highest BCUT2D eigenvalue weighted by Gasteiger charge is 2.13. The summed E-state index contributed by atoms with van der Waals surface area (Å²) >= 11 is 5.85. The molecule has 0 bridgehead atoms. The van der Waals surface area contributed by atoms with Gasteiger partial charge in [-0.15, -0.1) is 0 Å². The second kappa shape index (κ2) is 3.78. The number of nitrogens with two attached hydrogens (primary N) is 1. The molecule has 0 unspecified atom stereocenters. The highest BCUT2D eigenvalue weighted by molar-refractivity contribution is 6.32. The molecule has 0 fully saturated rings.